The van der Waals surface area contributed by atoms with Crippen molar-refractivity contribution in [2.75, 3.05) is 7.11 Å². The summed E-state index contributed by atoms with van der Waals surface area (Å²) in [5.41, 5.74) is -3.91. The van der Waals surface area contributed by atoms with Crippen LogP contribution in [0.3, 0.4) is 0 Å². The van der Waals surface area contributed by atoms with E-state index in [9.17, 15) is 33.9 Å². The van der Waals surface area contributed by atoms with Crippen LogP contribution in [0.4, 0.5) is 0 Å². The van der Waals surface area contributed by atoms with Crippen molar-refractivity contribution < 1.29 is 57.6 Å². The first-order chi connectivity index (χ1) is 16.7. The second kappa shape index (κ2) is 9.53. The SMILES string of the molecule is COc1cc(OC(C)=O)c2c(c1)C(=O)C1=C(C2=O)[C@H](OC(C)=O)[C@@H](OC(C)=O)[C@@](C)(O)[C@@H]1OC(C)=O. The molecule has 0 spiro atoms. The van der Waals surface area contributed by atoms with Crippen LogP contribution in [0.25, 0.3) is 0 Å². The highest BCUT2D eigenvalue weighted by atomic mass is 16.6. The van der Waals surface area contributed by atoms with Crippen LogP contribution in [-0.2, 0) is 33.4 Å². The fourth-order valence-electron chi connectivity index (χ4n) is 4.33. The summed E-state index contributed by atoms with van der Waals surface area (Å²) in [6.07, 6.45) is -5.31. The van der Waals surface area contributed by atoms with Crippen molar-refractivity contribution >= 4 is 35.4 Å². The zero-order valence-corrected chi connectivity index (χ0v) is 20.3. The lowest BCUT2D eigenvalue weighted by molar-refractivity contribution is -0.206. The molecular weight excluding hydrogens is 480 g/mol. The third-order valence-electron chi connectivity index (χ3n) is 5.61. The lowest BCUT2D eigenvalue weighted by atomic mass is 9.68. The van der Waals surface area contributed by atoms with Gasteiger partial charge in [0.25, 0.3) is 0 Å². The molecule has 0 aromatic heterocycles. The molecule has 0 saturated carbocycles. The fraction of sp³-hybridized carbons (Fsp3) is 0.417. The van der Waals surface area contributed by atoms with Crippen molar-refractivity contribution in [2.45, 2.75) is 58.5 Å². The summed E-state index contributed by atoms with van der Waals surface area (Å²) in [6, 6.07) is 2.43. The zero-order chi connectivity index (χ0) is 27.1. The molecule has 0 unspecified atom stereocenters. The van der Waals surface area contributed by atoms with Crippen molar-refractivity contribution in [3.05, 3.63) is 34.4 Å². The molecule has 192 valence electrons. The van der Waals surface area contributed by atoms with E-state index >= 15 is 0 Å². The Morgan fingerprint density at radius 1 is 0.833 bits per heavy atom. The number of hydrogen-bond donors (Lipinski definition) is 1. The first kappa shape index (κ1) is 26.5. The Morgan fingerprint density at radius 2 is 1.42 bits per heavy atom. The Kier molecular flexibility index (Phi) is 7.03. The van der Waals surface area contributed by atoms with Crippen LogP contribution in [0.2, 0.25) is 0 Å². The number of carbonyl (C=O) groups excluding carboxylic acids is 6. The average Bonchev–Trinajstić information content (AvgIpc) is 2.74. The summed E-state index contributed by atoms with van der Waals surface area (Å²) in [4.78, 5) is 75.2. The van der Waals surface area contributed by atoms with E-state index in [2.05, 4.69) is 0 Å². The number of aliphatic hydroxyl groups is 1. The zero-order valence-electron chi connectivity index (χ0n) is 20.3. The quantitative estimate of drug-likeness (QED) is 0.341. The van der Waals surface area contributed by atoms with Gasteiger partial charge in [-0.25, -0.2) is 0 Å². The molecule has 0 aliphatic heterocycles. The number of esters is 4. The largest absolute Gasteiger partial charge is 0.497 e. The fourth-order valence-corrected chi connectivity index (χ4v) is 4.33. The Bertz CT molecular complexity index is 1220. The van der Waals surface area contributed by atoms with Gasteiger partial charge < -0.3 is 28.8 Å². The van der Waals surface area contributed by atoms with E-state index in [0.29, 0.717) is 0 Å². The molecular formula is C24H24O12. The van der Waals surface area contributed by atoms with Crippen LogP contribution in [0.1, 0.15) is 55.3 Å². The number of methoxy groups -OCH3 is 1. The molecule has 12 heteroatoms. The molecule has 0 radical (unpaired) electrons. The van der Waals surface area contributed by atoms with Gasteiger partial charge in [0.15, 0.2) is 29.9 Å². The lowest BCUT2D eigenvalue weighted by Crippen LogP contribution is -2.64. The van der Waals surface area contributed by atoms with Gasteiger partial charge >= 0.3 is 23.9 Å². The van der Waals surface area contributed by atoms with Crippen LogP contribution in [0.15, 0.2) is 23.3 Å². The molecule has 1 aromatic rings. The van der Waals surface area contributed by atoms with E-state index < -0.39 is 70.5 Å². The topological polar surface area (TPSA) is 169 Å². The third-order valence-corrected chi connectivity index (χ3v) is 5.61. The number of rotatable bonds is 5. The van der Waals surface area contributed by atoms with Crippen molar-refractivity contribution in [3.8, 4) is 11.5 Å². The summed E-state index contributed by atoms with van der Waals surface area (Å²) >= 11 is 0. The molecule has 3 rings (SSSR count). The van der Waals surface area contributed by atoms with Gasteiger partial charge in [-0.05, 0) is 13.0 Å². The summed E-state index contributed by atoms with van der Waals surface area (Å²) in [5, 5.41) is 11.4. The summed E-state index contributed by atoms with van der Waals surface area (Å²) < 4.78 is 26.1. The molecule has 0 amide bonds. The third kappa shape index (κ3) is 4.59. The van der Waals surface area contributed by atoms with Crippen molar-refractivity contribution in [3.63, 3.8) is 0 Å². The van der Waals surface area contributed by atoms with E-state index in [4.69, 9.17) is 23.7 Å². The van der Waals surface area contributed by atoms with Gasteiger partial charge in [-0.1, -0.05) is 0 Å². The van der Waals surface area contributed by atoms with E-state index in [-0.39, 0.29) is 22.6 Å². The van der Waals surface area contributed by atoms with Gasteiger partial charge in [0, 0.05) is 39.3 Å². The molecule has 0 saturated heterocycles. The molecule has 1 aromatic carbocycles. The van der Waals surface area contributed by atoms with E-state index in [1.807, 2.05) is 0 Å². The maximum absolute atomic E-state index is 13.9. The van der Waals surface area contributed by atoms with Crippen LogP contribution in [0.5, 0.6) is 11.5 Å². The maximum Gasteiger partial charge on any atom is 0.308 e. The number of ketones is 2. The Balaban J connectivity index is 2.40. The first-order valence-corrected chi connectivity index (χ1v) is 10.7. The Hall–Kier alpha value is -4.06. The van der Waals surface area contributed by atoms with Gasteiger partial charge in [-0.2, -0.15) is 0 Å². The standard InChI is InChI=1S/C24H24O12/c1-9(25)33-15-8-13(32-6)7-14-16(15)20(30)17-18(19(14)29)22(35-11(3)27)24(5,31)23(36-12(4)28)21(17)34-10(2)26/h7-8,21-23,31H,1-6H3/t21-,22+,23+,24-/m0/s1. The highest BCUT2D eigenvalue weighted by Crippen LogP contribution is 2.46. The molecule has 1 N–H and O–H groups in total. The minimum Gasteiger partial charge on any atom is -0.497 e. The summed E-state index contributed by atoms with van der Waals surface area (Å²) in [6.45, 7) is 5.23. The van der Waals surface area contributed by atoms with E-state index in [0.717, 1.165) is 34.6 Å². The molecule has 2 aliphatic carbocycles. The lowest BCUT2D eigenvalue weighted by Gasteiger charge is -2.47. The second-order valence-electron chi connectivity index (χ2n) is 8.40. The van der Waals surface area contributed by atoms with E-state index in [1.165, 1.54) is 19.2 Å². The van der Waals surface area contributed by atoms with Gasteiger partial charge in [0.2, 0.25) is 0 Å². The average molecular weight is 504 g/mol. The number of benzene rings is 1. The predicted octanol–water partition coefficient (Wildman–Crippen LogP) is 0.856. The van der Waals surface area contributed by atoms with Crippen molar-refractivity contribution in [1.82, 2.24) is 0 Å². The number of ether oxygens (including phenoxy) is 5. The Morgan fingerprint density at radius 3 is 1.92 bits per heavy atom. The molecule has 36 heavy (non-hydrogen) atoms. The normalized spacial score (nSPS) is 24.8. The Labute approximate surface area is 205 Å². The second-order valence-corrected chi connectivity index (χ2v) is 8.40. The number of Topliss-reactive ketones (excluding diaryl/α,β-unsaturated/α-hetero) is 2. The molecule has 0 fully saturated rings. The predicted molar refractivity (Wildman–Crippen MR) is 117 cm³/mol. The minimum absolute atomic E-state index is 0.0659. The summed E-state index contributed by atoms with van der Waals surface area (Å²) in [5.74, 6) is -5.63. The van der Waals surface area contributed by atoms with Crippen LogP contribution in [-0.4, -0.2) is 71.6 Å². The van der Waals surface area contributed by atoms with Crippen molar-refractivity contribution in [1.29, 1.82) is 0 Å². The van der Waals surface area contributed by atoms with Gasteiger partial charge in [-0.15, -0.1) is 0 Å². The monoisotopic (exact) mass is 504 g/mol. The van der Waals surface area contributed by atoms with Gasteiger partial charge in [0.05, 0.1) is 23.8 Å². The molecule has 0 bridgehead atoms. The molecule has 2 aliphatic rings. The first-order valence-electron chi connectivity index (χ1n) is 10.7. The summed E-state index contributed by atoms with van der Waals surface area (Å²) in [7, 11) is 1.28. The van der Waals surface area contributed by atoms with Crippen molar-refractivity contribution in [2.24, 2.45) is 0 Å². The smallest absolute Gasteiger partial charge is 0.308 e. The highest BCUT2D eigenvalue weighted by Gasteiger charge is 2.61. The molecule has 4 atom stereocenters. The highest BCUT2D eigenvalue weighted by molar-refractivity contribution is 6.29. The number of hydrogen-bond acceptors (Lipinski definition) is 12. The molecule has 0 heterocycles. The molecule has 12 nitrogen and oxygen atoms in total. The van der Waals surface area contributed by atoms with Gasteiger partial charge in [0.1, 0.15) is 17.1 Å². The maximum atomic E-state index is 13.9. The van der Waals surface area contributed by atoms with Crippen LogP contribution < -0.4 is 9.47 Å². The number of fused-ring (bicyclic) bond motifs is 1. The number of carbonyl (C=O) groups is 6. The van der Waals surface area contributed by atoms with Gasteiger partial charge in [-0.3, -0.25) is 28.8 Å². The van der Waals surface area contributed by atoms with Crippen LogP contribution in [0, 0.1) is 0 Å². The van der Waals surface area contributed by atoms with Crippen LogP contribution >= 0.6 is 0 Å². The van der Waals surface area contributed by atoms with E-state index in [1.54, 1.807) is 0 Å². The minimum atomic E-state index is -2.32.